The molecule has 0 saturated heterocycles. The summed E-state index contributed by atoms with van der Waals surface area (Å²) in [5, 5.41) is 5.22. The molecule has 1 heterocycles. The standard InChI is InChI=1S/C9H15N3O2/c1-7-3-4-8(14-7)12-9(13)11-6-2-5-10/h3-4H,2,5-6,10H2,1H3,(H2,11,12,13). The van der Waals surface area contributed by atoms with Crippen molar-refractivity contribution in [3.63, 3.8) is 0 Å². The van der Waals surface area contributed by atoms with Crippen molar-refractivity contribution in [2.45, 2.75) is 13.3 Å². The minimum Gasteiger partial charge on any atom is -0.446 e. The van der Waals surface area contributed by atoms with Crippen LogP contribution in [-0.2, 0) is 0 Å². The number of nitrogens with two attached hydrogens (primary N) is 1. The van der Waals surface area contributed by atoms with E-state index in [4.69, 9.17) is 10.2 Å². The smallest absolute Gasteiger partial charge is 0.321 e. The Kier molecular flexibility index (Phi) is 4.00. The van der Waals surface area contributed by atoms with Gasteiger partial charge in [0.05, 0.1) is 0 Å². The van der Waals surface area contributed by atoms with Crippen LogP contribution in [0.3, 0.4) is 0 Å². The maximum atomic E-state index is 11.2. The molecule has 0 aliphatic carbocycles. The van der Waals surface area contributed by atoms with Crippen LogP contribution >= 0.6 is 0 Å². The fourth-order valence-corrected chi connectivity index (χ4v) is 0.962. The summed E-state index contributed by atoms with van der Waals surface area (Å²) < 4.78 is 5.16. The van der Waals surface area contributed by atoms with Gasteiger partial charge in [0.15, 0.2) is 0 Å². The second-order valence-electron chi connectivity index (χ2n) is 2.93. The number of rotatable bonds is 4. The molecule has 0 atom stereocenters. The molecular formula is C9H15N3O2. The molecule has 0 aliphatic rings. The molecule has 0 aliphatic heterocycles. The molecule has 0 spiro atoms. The van der Waals surface area contributed by atoms with E-state index in [2.05, 4.69) is 10.6 Å². The molecule has 2 amide bonds. The van der Waals surface area contributed by atoms with Crippen LogP contribution in [-0.4, -0.2) is 19.1 Å². The highest BCUT2D eigenvalue weighted by Gasteiger charge is 2.02. The lowest BCUT2D eigenvalue weighted by Gasteiger charge is -2.03. The topological polar surface area (TPSA) is 80.3 Å². The lowest BCUT2D eigenvalue weighted by atomic mass is 10.4. The van der Waals surface area contributed by atoms with E-state index in [1.54, 1.807) is 12.1 Å². The number of nitrogens with one attached hydrogen (secondary N) is 2. The summed E-state index contributed by atoms with van der Waals surface area (Å²) in [6.45, 7) is 2.96. The minimum atomic E-state index is -0.271. The fraction of sp³-hybridized carbons (Fsp3) is 0.444. The zero-order valence-electron chi connectivity index (χ0n) is 8.17. The van der Waals surface area contributed by atoms with Crippen molar-refractivity contribution < 1.29 is 9.21 Å². The van der Waals surface area contributed by atoms with Gasteiger partial charge in [-0.15, -0.1) is 0 Å². The van der Waals surface area contributed by atoms with Crippen LogP contribution in [0, 0.1) is 6.92 Å². The van der Waals surface area contributed by atoms with E-state index in [1.165, 1.54) is 0 Å². The number of amides is 2. The number of hydrogen-bond donors (Lipinski definition) is 3. The SMILES string of the molecule is Cc1ccc(NC(=O)NCCCN)o1. The monoisotopic (exact) mass is 197 g/mol. The number of anilines is 1. The molecule has 1 rings (SSSR count). The predicted octanol–water partition coefficient (Wildman–Crippen LogP) is 1.06. The molecule has 0 saturated carbocycles. The van der Waals surface area contributed by atoms with Gasteiger partial charge in [-0.3, -0.25) is 5.32 Å². The second kappa shape index (κ2) is 5.29. The third kappa shape index (κ3) is 3.49. The highest BCUT2D eigenvalue weighted by molar-refractivity contribution is 5.87. The summed E-state index contributed by atoms with van der Waals surface area (Å²) in [5.41, 5.74) is 5.28. The zero-order chi connectivity index (χ0) is 10.4. The van der Waals surface area contributed by atoms with Crippen LogP contribution < -0.4 is 16.4 Å². The van der Waals surface area contributed by atoms with Gasteiger partial charge in [0, 0.05) is 12.6 Å². The van der Waals surface area contributed by atoms with Crippen LogP contribution in [0.4, 0.5) is 10.7 Å². The van der Waals surface area contributed by atoms with Crippen LogP contribution in [0.2, 0.25) is 0 Å². The highest BCUT2D eigenvalue weighted by atomic mass is 16.4. The van der Waals surface area contributed by atoms with Crippen LogP contribution in [0.1, 0.15) is 12.2 Å². The van der Waals surface area contributed by atoms with Crippen LogP contribution in [0.5, 0.6) is 0 Å². The van der Waals surface area contributed by atoms with Gasteiger partial charge in [-0.2, -0.15) is 0 Å². The van der Waals surface area contributed by atoms with Gasteiger partial charge in [-0.25, -0.2) is 4.79 Å². The minimum absolute atomic E-state index is 0.271. The molecule has 5 heteroatoms. The highest BCUT2D eigenvalue weighted by Crippen LogP contribution is 2.11. The van der Waals surface area contributed by atoms with E-state index in [1.807, 2.05) is 6.92 Å². The lowest BCUT2D eigenvalue weighted by molar-refractivity contribution is 0.251. The van der Waals surface area contributed by atoms with Gasteiger partial charge in [0.1, 0.15) is 5.76 Å². The predicted molar refractivity (Wildman–Crippen MR) is 54.1 cm³/mol. The van der Waals surface area contributed by atoms with Crippen molar-refractivity contribution in [2.75, 3.05) is 18.4 Å². The third-order valence-corrected chi connectivity index (χ3v) is 1.64. The average Bonchev–Trinajstić information content (AvgIpc) is 2.52. The number of carbonyl (C=O) groups is 1. The van der Waals surface area contributed by atoms with Gasteiger partial charge in [-0.05, 0) is 26.0 Å². The number of urea groups is 1. The van der Waals surface area contributed by atoms with Gasteiger partial charge >= 0.3 is 6.03 Å². The van der Waals surface area contributed by atoms with Crippen molar-refractivity contribution in [3.05, 3.63) is 17.9 Å². The average molecular weight is 197 g/mol. The molecule has 1 aromatic rings. The fourth-order valence-electron chi connectivity index (χ4n) is 0.962. The quantitative estimate of drug-likeness (QED) is 0.631. The Hall–Kier alpha value is -1.49. The molecule has 0 unspecified atom stereocenters. The van der Waals surface area contributed by atoms with E-state index in [0.717, 1.165) is 12.2 Å². The Bertz CT molecular complexity index is 296. The maximum absolute atomic E-state index is 11.2. The summed E-state index contributed by atoms with van der Waals surface area (Å²) in [4.78, 5) is 11.2. The van der Waals surface area contributed by atoms with E-state index in [-0.39, 0.29) is 6.03 Å². The molecule has 78 valence electrons. The second-order valence-corrected chi connectivity index (χ2v) is 2.93. The van der Waals surface area contributed by atoms with Crippen LogP contribution in [0.25, 0.3) is 0 Å². The molecule has 14 heavy (non-hydrogen) atoms. The Balaban J connectivity index is 2.27. The molecule has 0 aromatic carbocycles. The maximum Gasteiger partial charge on any atom is 0.321 e. The normalized spacial score (nSPS) is 9.86. The number of hydrogen-bond acceptors (Lipinski definition) is 3. The molecule has 0 radical (unpaired) electrons. The van der Waals surface area contributed by atoms with Gasteiger partial charge in [0.25, 0.3) is 0 Å². The summed E-state index contributed by atoms with van der Waals surface area (Å²) in [6, 6.07) is 3.22. The largest absolute Gasteiger partial charge is 0.446 e. The van der Waals surface area contributed by atoms with Crippen molar-refractivity contribution >= 4 is 11.9 Å². The van der Waals surface area contributed by atoms with E-state index >= 15 is 0 Å². The molecule has 4 N–H and O–H groups in total. The Morgan fingerprint density at radius 3 is 2.93 bits per heavy atom. The molecule has 1 aromatic heterocycles. The van der Waals surface area contributed by atoms with E-state index in [0.29, 0.717) is 19.0 Å². The molecule has 0 bridgehead atoms. The summed E-state index contributed by atoms with van der Waals surface area (Å²) in [6.07, 6.45) is 0.768. The first-order valence-electron chi connectivity index (χ1n) is 4.53. The number of carbonyl (C=O) groups excluding carboxylic acids is 1. The van der Waals surface area contributed by atoms with Crippen molar-refractivity contribution in [3.8, 4) is 0 Å². The third-order valence-electron chi connectivity index (χ3n) is 1.64. The number of furan rings is 1. The van der Waals surface area contributed by atoms with Gasteiger partial charge < -0.3 is 15.5 Å². The van der Waals surface area contributed by atoms with E-state index < -0.39 is 0 Å². The van der Waals surface area contributed by atoms with Gasteiger partial charge in [0.2, 0.25) is 5.88 Å². The first-order chi connectivity index (χ1) is 6.72. The molecule has 0 fully saturated rings. The Labute approximate surface area is 82.7 Å². The summed E-state index contributed by atoms with van der Waals surface area (Å²) in [5.74, 6) is 1.22. The van der Waals surface area contributed by atoms with Crippen LogP contribution in [0.15, 0.2) is 16.5 Å². The molecule has 5 nitrogen and oxygen atoms in total. The Morgan fingerprint density at radius 2 is 2.36 bits per heavy atom. The Morgan fingerprint density at radius 1 is 1.57 bits per heavy atom. The first kappa shape index (κ1) is 10.6. The zero-order valence-corrected chi connectivity index (χ0v) is 8.17. The number of aryl methyl sites for hydroxylation is 1. The van der Waals surface area contributed by atoms with Crippen molar-refractivity contribution in [1.82, 2.24) is 5.32 Å². The summed E-state index contributed by atoms with van der Waals surface area (Å²) in [7, 11) is 0. The lowest BCUT2D eigenvalue weighted by Crippen LogP contribution is -2.30. The van der Waals surface area contributed by atoms with Gasteiger partial charge in [-0.1, -0.05) is 0 Å². The van der Waals surface area contributed by atoms with E-state index in [9.17, 15) is 4.79 Å². The molecular weight excluding hydrogens is 182 g/mol. The first-order valence-corrected chi connectivity index (χ1v) is 4.53. The summed E-state index contributed by atoms with van der Waals surface area (Å²) >= 11 is 0. The van der Waals surface area contributed by atoms with Crippen molar-refractivity contribution in [1.29, 1.82) is 0 Å². The van der Waals surface area contributed by atoms with Crippen molar-refractivity contribution in [2.24, 2.45) is 5.73 Å².